The molecule has 0 radical (unpaired) electrons. The van der Waals surface area contributed by atoms with E-state index in [0.717, 1.165) is 37.6 Å². The second kappa shape index (κ2) is 6.77. The van der Waals surface area contributed by atoms with Gasteiger partial charge < -0.3 is 10.2 Å². The van der Waals surface area contributed by atoms with Crippen molar-refractivity contribution >= 4 is 11.6 Å². The summed E-state index contributed by atoms with van der Waals surface area (Å²) in [6.45, 7) is 9.97. The Labute approximate surface area is 131 Å². The van der Waals surface area contributed by atoms with Crippen LogP contribution < -0.4 is 5.32 Å². The van der Waals surface area contributed by atoms with Gasteiger partial charge >= 0.3 is 0 Å². The van der Waals surface area contributed by atoms with Crippen molar-refractivity contribution in [2.24, 2.45) is 10.4 Å². The molecular formula is C16H24N4O2. The summed E-state index contributed by atoms with van der Waals surface area (Å²) in [5.41, 5.74) is 1.41. The van der Waals surface area contributed by atoms with Crippen molar-refractivity contribution in [2.45, 2.75) is 33.7 Å². The Bertz CT molecular complexity index is 552. The van der Waals surface area contributed by atoms with Gasteiger partial charge in [-0.25, -0.2) is 4.99 Å². The van der Waals surface area contributed by atoms with Gasteiger partial charge in [0.15, 0.2) is 5.96 Å². The van der Waals surface area contributed by atoms with Crippen LogP contribution in [0.3, 0.4) is 0 Å². The van der Waals surface area contributed by atoms with E-state index in [-0.39, 0.29) is 10.6 Å². The van der Waals surface area contributed by atoms with Gasteiger partial charge in [-0.05, 0) is 24.3 Å². The van der Waals surface area contributed by atoms with E-state index in [1.807, 2.05) is 0 Å². The number of non-ortho nitro benzene ring substituents is 1. The van der Waals surface area contributed by atoms with Gasteiger partial charge in [-0.2, -0.15) is 0 Å². The Kier molecular flexibility index (Phi) is 5.00. The molecule has 1 N–H and O–H groups in total. The first-order valence-corrected chi connectivity index (χ1v) is 7.68. The molecule has 0 aromatic heterocycles. The van der Waals surface area contributed by atoms with Gasteiger partial charge in [0.05, 0.1) is 11.5 Å². The lowest BCUT2D eigenvalue weighted by atomic mass is 9.93. The predicted molar refractivity (Wildman–Crippen MR) is 87.9 cm³/mol. The van der Waals surface area contributed by atoms with Crippen LogP contribution in [0.15, 0.2) is 29.3 Å². The number of rotatable bonds is 4. The third-order valence-electron chi connectivity index (χ3n) is 3.87. The summed E-state index contributed by atoms with van der Waals surface area (Å²) in [5, 5.41) is 14.0. The second-order valence-corrected chi connectivity index (χ2v) is 6.43. The number of nitro groups is 1. The molecule has 22 heavy (non-hydrogen) atoms. The average molecular weight is 304 g/mol. The fourth-order valence-corrected chi connectivity index (χ4v) is 2.61. The third kappa shape index (κ3) is 4.19. The Morgan fingerprint density at radius 1 is 1.41 bits per heavy atom. The van der Waals surface area contributed by atoms with Crippen molar-refractivity contribution in [2.75, 3.05) is 19.6 Å². The molecule has 120 valence electrons. The molecule has 0 bridgehead atoms. The summed E-state index contributed by atoms with van der Waals surface area (Å²) in [6.07, 6.45) is 1.16. The highest BCUT2D eigenvalue weighted by molar-refractivity contribution is 5.80. The Morgan fingerprint density at radius 2 is 2.09 bits per heavy atom. The number of hydrogen-bond acceptors (Lipinski definition) is 3. The first kappa shape index (κ1) is 16.3. The number of nitrogens with zero attached hydrogens (tertiary/aromatic N) is 3. The van der Waals surface area contributed by atoms with Crippen LogP contribution in [0.25, 0.3) is 0 Å². The Balaban J connectivity index is 2.05. The molecule has 0 spiro atoms. The van der Waals surface area contributed by atoms with Gasteiger partial charge in [0, 0.05) is 31.8 Å². The van der Waals surface area contributed by atoms with Gasteiger partial charge in [-0.3, -0.25) is 10.1 Å². The van der Waals surface area contributed by atoms with E-state index in [9.17, 15) is 10.1 Å². The van der Waals surface area contributed by atoms with Crippen LogP contribution in [0, 0.1) is 15.5 Å². The molecular weight excluding hydrogens is 280 g/mol. The highest BCUT2D eigenvalue weighted by Crippen LogP contribution is 2.28. The Morgan fingerprint density at radius 3 is 2.59 bits per heavy atom. The molecule has 0 unspecified atom stereocenters. The molecule has 1 aromatic rings. The maximum Gasteiger partial charge on any atom is 0.269 e. The highest BCUT2D eigenvalue weighted by Gasteiger charge is 2.30. The highest BCUT2D eigenvalue weighted by atomic mass is 16.6. The average Bonchev–Trinajstić information content (AvgIpc) is 2.84. The molecule has 6 heteroatoms. The minimum absolute atomic E-state index is 0.112. The van der Waals surface area contributed by atoms with Crippen molar-refractivity contribution < 1.29 is 4.92 Å². The molecule has 1 aliphatic heterocycles. The fraction of sp³-hybridized carbons (Fsp3) is 0.562. The zero-order chi connectivity index (χ0) is 16.2. The summed E-state index contributed by atoms with van der Waals surface area (Å²) < 4.78 is 0. The number of guanidine groups is 1. The van der Waals surface area contributed by atoms with E-state index in [1.54, 1.807) is 12.1 Å². The molecule has 1 aliphatic rings. The molecule has 0 aliphatic carbocycles. The second-order valence-electron chi connectivity index (χ2n) is 6.43. The van der Waals surface area contributed by atoms with Gasteiger partial charge in [0.25, 0.3) is 5.69 Å². The summed E-state index contributed by atoms with van der Waals surface area (Å²) in [5.74, 6) is 0.923. The minimum atomic E-state index is -0.385. The lowest BCUT2D eigenvalue weighted by Gasteiger charge is -2.23. The zero-order valence-electron chi connectivity index (χ0n) is 13.5. The topological polar surface area (TPSA) is 70.8 Å². The van der Waals surface area contributed by atoms with Crippen LogP contribution in [0.1, 0.15) is 32.8 Å². The van der Waals surface area contributed by atoms with Crippen molar-refractivity contribution in [1.82, 2.24) is 10.2 Å². The fourth-order valence-electron chi connectivity index (χ4n) is 2.61. The molecule has 1 fully saturated rings. The van der Waals surface area contributed by atoms with Crippen LogP contribution in [0.2, 0.25) is 0 Å². The molecule has 0 saturated carbocycles. The van der Waals surface area contributed by atoms with Gasteiger partial charge in [-0.15, -0.1) is 0 Å². The van der Waals surface area contributed by atoms with E-state index in [1.165, 1.54) is 12.1 Å². The van der Waals surface area contributed by atoms with Crippen LogP contribution in [-0.2, 0) is 6.54 Å². The maximum absolute atomic E-state index is 10.7. The van der Waals surface area contributed by atoms with Crippen LogP contribution in [-0.4, -0.2) is 35.4 Å². The van der Waals surface area contributed by atoms with Crippen LogP contribution in [0.5, 0.6) is 0 Å². The zero-order valence-corrected chi connectivity index (χ0v) is 13.5. The van der Waals surface area contributed by atoms with Gasteiger partial charge in [-0.1, -0.05) is 26.0 Å². The summed E-state index contributed by atoms with van der Waals surface area (Å²) in [7, 11) is 0. The molecule has 0 amide bonds. The van der Waals surface area contributed by atoms with E-state index in [4.69, 9.17) is 0 Å². The maximum atomic E-state index is 10.7. The predicted octanol–water partition coefficient (Wildman–Crippen LogP) is 2.79. The van der Waals surface area contributed by atoms with E-state index in [0.29, 0.717) is 12.0 Å². The normalized spacial score (nSPS) is 17.6. The van der Waals surface area contributed by atoms with Gasteiger partial charge in [0.1, 0.15) is 0 Å². The largest absolute Gasteiger partial charge is 0.357 e. The summed E-state index contributed by atoms with van der Waals surface area (Å²) in [6, 6.07) is 6.58. The molecule has 6 nitrogen and oxygen atoms in total. The number of likely N-dealkylation sites (tertiary alicyclic amines) is 1. The molecule has 2 rings (SSSR count). The number of benzene rings is 1. The quantitative estimate of drug-likeness (QED) is 0.402. The number of hydrogen-bond donors (Lipinski definition) is 1. The summed E-state index contributed by atoms with van der Waals surface area (Å²) in [4.78, 5) is 17.2. The smallest absolute Gasteiger partial charge is 0.269 e. The SMILES string of the molecule is CCNC(=NCc1ccc([N+](=O)[O-])cc1)N1CCC(C)(C)C1. The van der Waals surface area contributed by atoms with Crippen molar-refractivity contribution in [3.63, 3.8) is 0 Å². The van der Waals surface area contributed by atoms with Crippen molar-refractivity contribution in [1.29, 1.82) is 0 Å². The Hall–Kier alpha value is -2.11. The van der Waals surface area contributed by atoms with Crippen LogP contribution >= 0.6 is 0 Å². The van der Waals surface area contributed by atoms with E-state index in [2.05, 4.69) is 36.0 Å². The van der Waals surface area contributed by atoms with E-state index < -0.39 is 0 Å². The molecule has 1 heterocycles. The lowest BCUT2D eigenvalue weighted by Crippen LogP contribution is -2.40. The van der Waals surface area contributed by atoms with Crippen LogP contribution in [0.4, 0.5) is 5.69 Å². The van der Waals surface area contributed by atoms with E-state index >= 15 is 0 Å². The third-order valence-corrected chi connectivity index (χ3v) is 3.87. The van der Waals surface area contributed by atoms with Crippen molar-refractivity contribution in [3.8, 4) is 0 Å². The lowest BCUT2D eigenvalue weighted by molar-refractivity contribution is -0.384. The minimum Gasteiger partial charge on any atom is -0.357 e. The molecule has 0 atom stereocenters. The number of nitrogens with one attached hydrogen (secondary N) is 1. The standard InChI is InChI=1S/C16H24N4O2/c1-4-17-15(19-10-9-16(2,3)12-19)18-11-13-5-7-14(8-6-13)20(21)22/h5-8H,4,9-12H2,1-3H3,(H,17,18). The number of nitro benzene ring substituents is 1. The first-order valence-electron chi connectivity index (χ1n) is 7.68. The molecule has 1 aromatic carbocycles. The molecule has 1 saturated heterocycles. The van der Waals surface area contributed by atoms with Crippen molar-refractivity contribution in [3.05, 3.63) is 39.9 Å². The summed E-state index contributed by atoms with van der Waals surface area (Å²) >= 11 is 0. The monoisotopic (exact) mass is 304 g/mol. The number of aliphatic imine (C=N–C) groups is 1. The van der Waals surface area contributed by atoms with Gasteiger partial charge in [0.2, 0.25) is 0 Å². The first-order chi connectivity index (χ1) is 10.4.